The lowest BCUT2D eigenvalue weighted by atomic mass is 9.99. The number of aliphatic hydroxyl groups excluding tert-OH is 1. The zero-order chi connectivity index (χ0) is 12.3. The Morgan fingerprint density at radius 2 is 2.24 bits per heavy atom. The standard InChI is InChI=1S/C14H21NO2/c1-11-5-3-4-6-12(11)9-13(16)14-10-15(2)7-8-17-14/h3-6,13-14,16H,7-10H2,1-2H3. The average Bonchev–Trinajstić information content (AvgIpc) is 2.32. The molecule has 2 atom stereocenters. The van der Waals surface area contributed by atoms with Crippen LogP contribution >= 0.6 is 0 Å². The van der Waals surface area contributed by atoms with Gasteiger partial charge in [0, 0.05) is 19.5 Å². The number of likely N-dealkylation sites (N-methyl/N-ethyl adjacent to an activating group) is 1. The highest BCUT2D eigenvalue weighted by atomic mass is 16.5. The number of hydrogen-bond donors (Lipinski definition) is 1. The summed E-state index contributed by atoms with van der Waals surface area (Å²) in [6.07, 6.45) is 0.192. The number of ether oxygens (including phenoxy) is 1. The van der Waals surface area contributed by atoms with Gasteiger partial charge in [0.25, 0.3) is 0 Å². The minimum atomic E-state index is -0.418. The van der Waals surface area contributed by atoms with Crippen molar-refractivity contribution in [3.63, 3.8) is 0 Å². The summed E-state index contributed by atoms with van der Waals surface area (Å²) in [6, 6.07) is 8.19. The third-order valence-electron chi connectivity index (χ3n) is 3.42. The van der Waals surface area contributed by atoms with E-state index in [4.69, 9.17) is 4.74 Å². The average molecular weight is 235 g/mol. The van der Waals surface area contributed by atoms with Gasteiger partial charge in [-0.3, -0.25) is 0 Å². The van der Waals surface area contributed by atoms with Crippen LogP contribution < -0.4 is 0 Å². The van der Waals surface area contributed by atoms with Crippen LogP contribution in [0.3, 0.4) is 0 Å². The van der Waals surface area contributed by atoms with Crippen molar-refractivity contribution in [2.24, 2.45) is 0 Å². The van der Waals surface area contributed by atoms with E-state index in [0.29, 0.717) is 13.0 Å². The van der Waals surface area contributed by atoms with Gasteiger partial charge >= 0.3 is 0 Å². The summed E-state index contributed by atoms with van der Waals surface area (Å²) in [5, 5.41) is 10.2. The SMILES string of the molecule is Cc1ccccc1CC(O)C1CN(C)CCO1. The highest BCUT2D eigenvalue weighted by molar-refractivity contribution is 5.26. The number of benzene rings is 1. The lowest BCUT2D eigenvalue weighted by Crippen LogP contribution is -2.46. The molecule has 1 aromatic rings. The first-order valence-electron chi connectivity index (χ1n) is 6.19. The van der Waals surface area contributed by atoms with Gasteiger partial charge in [-0.05, 0) is 25.1 Å². The minimum Gasteiger partial charge on any atom is -0.390 e. The van der Waals surface area contributed by atoms with Gasteiger partial charge in [-0.1, -0.05) is 24.3 Å². The molecule has 0 radical (unpaired) electrons. The first-order valence-corrected chi connectivity index (χ1v) is 6.19. The summed E-state index contributed by atoms with van der Waals surface area (Å²) in [5.41, 5.74) is 2.44. The molecule has 2 unspecified atom stereocenters. The van der Waals surface area contributed by atoms with E-state index in [9.17, 15) is 5.11 Å². The van der Waals surface area contributed by atoms with Gasteiger partial charge in [0.1, 0.15) is 0 Å². The Kier molecular flexibility index (Phi) is 4.15. The van der Waals surface area contributed by atoms with Gasteiger partial charge in [-0.15, -0.1) is 0 Å². The second kappa shape index (κ2) is 5.63. The summed E-state index contributed by atoms with van der Waals surface area (Å²) in [7, 11) is 2.07. The summed E-state index contributed by atoms with van der Waals surface area (Å²) >= 11 is 0. The third kappa shape index (κ3) is 3.28. The third-order valence-corrected chi connectivity index (χ3v) is 3.42. The molecule has 17 heavy (non-hydrogen) atoms. The van der Waals surface area contributed by atoms with E-state index in [1.165, 1.54) is 11.1 Å². The Bertz CT molecular complexity index is 367. The smallest absolute Gasteiger partial charge is 0.0964 e. The van der Waals surface area contributed by atoms with Crippen LogP contribution in [0.1, 0.15) is 11.1 Å². The molecular weight excluding hydrogens is 214 g/mol. The van der Waals surface area contributed by atoms with Crippen LogP contribution in [0.5, 0.6) is 0 Å². The minimum absolute atomic E-state index is 0.0617. The van der Waals surface area contributed by atoms with Gasteiger partial charge < -0.3 is 14.7 Å². The van der Waals surface area contributed by atoms with Crippen LogP contribution in [0.15, 0.2) is 24.3 Å². The summed E-state index contributed by atoms with van der Waals surface area (Å²) in [4.78, 5) is 2.20. The molecule has 1 aromatic carbocycles. The van der Waals surface area contributed by atoms with Gasteiger partial charge in [-0.2, -0.15) is 0 Å². The molecule has 0 spiro atoms. The molecule has 1 heterocycles. The zero-order valence-electron chi connectivity index (χ0n) is 10.6. The van der Waals surface area contributed by atoms with Crippen molar-refractivity contribution in [2.75, 3.05) is 26.7 Å². The van der Waals surface area contributed by atoms with E-state index in [-0.39, 0.29) is 6.10 Å². The predicted octanol–water partition coefficient (Wildman–Crippen LogP) is 1.23. The van der Waals surface area contributed by atoms with Crippen molar-refractivity contribution in [2.45, 2.75) is 25.6 Å². The lowest BCUT2D eigenvalue weighted by Gasteiger charge is -2.33. The molecule has 1 aliphatic heterocycles. The van der Waals surface area contributed by atoms with Crippen LogP contribution in [0.2, 0.25) is 0 Å². The topological polar surface area (TPSA) is 32.7 Å². The molecule has 94 valence electrons. The van der Waals surface area contributed by atoms with Crippen LogP contribution in [-0.2, 0) is 11.2 Å². The Hall–Kier alpha value is -0.900. The number of rotatable bonds is 3. The highest BCUT2D eigenvalue weighted by Gasteiger charge is 2.25. The molecule has 2 rings (SSSR count). The molecule has 1 saturated heterocycles. The van der Waals surface area contributed by atoms with Crippen molar-refractivity contribution in [1.82, 2.24) is 4.90 Å². The Balaban J connectivity index is 1.96. The second-order valence-electron chi connectivity index (χ2n) is 4.87. The fourth-order valence-corrected chi connectivity index (χ4v) is 2.24. The predicted molar refractivity (Wildman–Crippen MR) is 68.1 cm³/mol. The molecule has 1 N–H and O–H groups in total. The van der Waals surface area contributed by atoms with Crippen molar-refractivity contribution >= 4 is 0 Å². The van der Waals surface area contributed by atoms with E-state index in [1.54, 1.807) is 0 Å². The molecule has 1 fully saturated rings. The van der Waals surface area contributed by atoms with E-state index < -0.39 is 6.10 Å². The van der Waals surface area contributed by atoms with Gasteiger partial charge in [0.2, 0.25) is 0 Å². The highest BCUT2D eigenvalue weighted by Crippen LogP contribution is 2.15. The van der Waals surface area contributed by atoms with E-state index in [1.807, 2.05) is 12.1 Å². The summed E-state index contributed by atoms with van der Waals surface area (Å²) in [6.45, 7) is 4.56. The van der Waals surface area contributed by atoms with Crippen LogP contribution in [0.4, 0.5) is 0 Å². The van der Waals surface area contributed by atoms with E-state index in [0.717, 1.165) is 13.1 Å². The molecule has 3 heteroatoms. The maximum Gasteiger partial charge on any atom is 0.0964 e. The Labute approximate surface area is 103 Å². The monoisotopic (exact) mass is 235 g/mol. The maximum absolute atomic E-state index is 10.2. The first kappa shape index (κ1) is 12.6. The molecule has 0 saturated carbocycles. The normalized spacial score (nSPS) is 23.6. The van der Waals surface area contributed by atoms with Crippen LogP contribution in [0.25, 0.3) is 0 Å². The Morgan fingerprint density at radius 1 is 1.47 bits per heavy atom. The quantitative estimate of drug-likeness (QED) is 0.855. The van der Waals surface area contributed by atoms with Gasteiger partial charge in [0.05, 0.1) is 18.8 Å². The van der Waals surface area contributed by atoms with Crippen molar-refractivity contribution in [1.29, 1.82) is 0 Å². The molecule has 0 aromatic heterocycles. The number of morpholine rings is 1. The summed E-state index contributed by atoms with van der Waals surface area (Å²) in [5.74, 6) is 0. The number of aryl methyl sites for hydroxylation is 1. The van der Waals surface area contributed by atoms with Crippen LogP contribution in [0, 0.1) is 6.92 Å². The summed E-state index contributed by atoms with van der Waals surface area (Å²) < 4.78 is 5.63. The van der Waals surface area contributed by atoms with Gasteiger partial charge in [-0.25, -0.2) is 0 Å². The molecular formula is C14H21NO2. The maximum atomic E-state index is 10.2. The lowest BCUT2D eigenvalue weighted by molar-refractivity contribution is -0.0823. The van der Waals surface area contributed by atoms with E-state index >= 15 is 0 Å². The number of hydrogen-bond acceptors (Lipinski definition) is 3. The number of aliphatic hydroxyl groups is 1. The molecule has 0 amide bonds. The fraction of sp³-hybridized carbons (Fsp3) is 0.571. The molecule has 3 nitrogen and oxygen atoms in total. The first-order chi connectivity index (χ1) is 8.16. The Morgan fingerprint density at radius 3 is 2.94 bits per heavy atom. The van der Waals surface area contributed by atoms with Crippen LogP contribution in [-0.4, -0.2) is 49.0 Å². The van der Waals surface area contributed by atoms with Crippen molar-refractivity contribution in [3.05, 3.63) is 35.4 Å². The number of nitrogens with zero attached hydrogens (tertiary/aromatic N) is 1. The molecule has 0 bridgehead atoms. The zero-order valence-corrected chi connectivity index (χ0v) is 10.6. The van der Waals surface area contributed by atoms with Gasteiger partial charge in [0.15, 0.2) is 0 Å². The van der Waals surface area contributed by atoms with Crippen molar-refractivity contribution in [3.8, 4) is 0 Å². The molecule has 0 aliphatic carbocycles. The fourth-order valence-electron chi connectivity index (χ4n) is 2.24. The van der Waals surface area contributed by atoms with Crippen molar-refractivity contribution < 1.29 is 9.84 Å². The van der Waals surface area contributed by atoms with E-state index in [2.05, 4.69) is 31.0 Å². The second-order valence-corrected chi connectivity index (χ2v) is 4.87. The molecule has 1 aliphatic rings. The largest absolute Gasteiger partial charge is 0.390 e.